The third-order valence-corrected chi connectivity index (χ3v) is 4.56. The second kappa shape index (κ2) is 6.73. The third kappa shape index (κ3) is 2.52. The second-order valence-corrected chi connectivity index (χ2v) is 5.43. The molecule has 0 fully saturated rings. The van der Waals surface area contributed by atoms with Crippen LogP contribution >= 0.6 is 0 Å². The van der Waals surface area contributed by atoms with Crippen molar-refractivity contribution in [3.05, 3.63) is 72.8 Å². The number of nitrogens with zero attached hydrogens (tertiary/aromatic N) is 1. The summed E-state index contributed by atoms with van der Waals surface area (Å²) in [5.41, 5.74) is 2.75. The molecule has 0 aliphatic heterocycles. The van der Waals surface area contributed by atoms with Gasteiger partial charge in [-0.3, -0.25) is 4.48 Å². The molecule has 1 N–H and O–H groups in total. The number of hydrogen-bond donors (Lipinski definition) is 0. The smallest absolute Gasteiger partial charge is 0.145 e. The number of para-hydroxylation sites is 1. The highest BCUT2D eigenvalue weighted by molar-refractivity contribution is 5.94. The van der Waals surface area contributed by atoms with Crippen LogP contribution in [0.4, 0.5) is 11.4 Å². The molecule has 3 aromatic carbocycles. The highest BCUT2D eigenvalue weighted by Gasteiger charge is 2.31. The normalized spacial score (nSPS) is 11.2. The first-order chi connectivity index (χ1) is 10.3. The standard InChI is InChI=1S/C20H22N.H2O/c1-3-21(4-2,18-13-6-5-7-14-18)20-16-10-12-17-11-8-9-15-19(17)20;/h5-16H,3-4H2,1-2H3;1H2/q+1;/p-1. The van der Waals surface area contributed by atoms with Gasteiger partial charge in [0.05, 0.1) is 13.1 Å². The van der Waals surface area contributed by atoms with Gasteiger partial charge >= 0.3 is 0 Å². The summed E-state index contributed by atoms with van der Waals surface area (Å²) in [6.07, 6.45) is 0. The maximum atomic E-state index is 2.28. The van der Waals surface area contributed by atoms with Gasteiger partial charge in [0.15, 0.2) is 0 Å². The lowest BCUT2D eigenvalue weighted by molar-refractivity contribution is 0.424. The summed E-state index contributed by atoms with van der Waals surface area (Å²) in [6, 6.07) is 26.2. The summed E-state index contributed by atoms with van der Waals surface area (Å²) in [7, 11) is 0. The Hall–Kier alpha value is -2.16. The minimum absolute atomic E-state index is 0. The maximum Gasteiger partial charge on any atom is 0.145 e. The number of hydrogen-bond acceptors (Lipinski definition) is 1. The molecule has 0 bridgehead atoms. The van der Waals surface area contributed by atoms with Gasteiger partial charge in [-0.1, -0.05) is 48.5 Å². The fourth-order valence-electron chi connectivity index (χ4n) is 3.36. The molecular formula is C20H23NO. The second-order valence-electron chi connectivity index (χ2n) is 5.43. The molecule has 22 heavy (non-hydrogen) atoms. The van der Waals surface area contributed by atoms with Crippen LogP contribution in [0.2, 0.25) is 0 Å². The van der Waals surface area contributed by atoms with E-state index < -0.39 is 0 Å². The van der Waals surface area contributed by atoms with Crippen molar-refractivity contribution in [3.8, 4) is 0 Å². The van der Waals surface area contributed by atoms with E-state index in [2.05, 4.69) is 86.6 Å². The molecule has 0 aromatic heterocycles. The van der Waals surface area contributed by atoms with Crippen LogP contribution in [0, 0.1) is 0 Å². The highest BCUT2D eigenvalue weighted by atomic mass is 16.0. The quantitative estimate of drug-likeness (QED) is 0.597. The van der Waals surface area contributed by atoms with Crippen LogP contribution < -0.4 is 4.48 Å². The Balaban J connectivity index is 0.00000176. The molecule has 0 amide bonds. The molecule has 0 spiro atoms. The van der Waals surface area contributed by atoms with Crippen LogP contribution in [0.25, 0.3) is 10.8 Å². The van der Waals surface area contributed by atoms with E-state index in [1.54, 1.807) is 0 Å². The predicted molar refractivity (Wildman–Crippen MR) is 94.9 cm³/mol. The average molecular weight is 293 g/mol. The van der Waals surface area contributed by atoms with Gasteiger partial charge < -0.3 is 5.48 Å². The summed E-state index contributed by atoms with van der Waals surface area (Å²) in [6.45, 7) is 6.65. The van der Waals surface area contributed by atoms with E-state index in [0.29, 0.717) is 0 Å². The van der Waals surface area contributed by atoms with Crippen molar-refractivity contribution in [1.82, 2.24) is 4.48 Å². The molecule has 3 rings (SSSR count). The number of quaternary nitrogens is 1. The molecule has 0 unspecified atom stereocenters. The molecule has 0 aliphatic rings. The van der Waals surface area contributed by atoms with Crippen molar-refractivity contribution in [2.45, 2.75) is 13.8 Å². The summed E-state index contributed by atoms with van der Waals surface area (Å²) < 4.78 is 0.891. The van der Waals surface area contributed by atoms with E-state index in [0.717, 1.165) is 17.6 Å². The summed E-state index contributed by atoms with van der Waals surface area (Å²) in [5.74, 6) is 0. The molecule has 0 radical (unpaired) electrons. The lowest BCUT2D eigenvalue weighted by Gasteiger charge is -2.36. The summed E-state index contributed by atoms with van der Waals surface area (Å²) in [5, 5.41) is 2.67. The molecule has 0 saturated carbocycles. The van der Waals surface area contributed by atoms with Crippen LogP contribution in [0.3, 0.4) is 0 Å². The SMILES string of the molecule is CC[N+](CC)(c1ccccc1)c1cccc2ccccc12.[OH-]. The third-order valence-electron chi connectivity index (χ3n) is 4.56. The fraction of sp³-hybridized carbons (Fsp3) is 0.200. The van der Waals surface area contributed by atoms with E-state index >= 15 is 0 Å². The van der Waals surface area contributed by atoms with Gasteiger partial charge in [0.2, 0.25) is 0 Å². The van der Waals surface area contributed by atoms with Gasteiger partial charge in [0.25, 0.3) is 0 Å². The van der Waals surface area contributed by atoms with Crippen molar-refractivity contribution < 1.29 is 5.48 Å². The van der Waals surface area contributed by atoms with E-state index in [1.807, 2.05) is 0 Å². The van der Waals surface area contributed by atoms with Crippen LogP contribution in [0.15, 0.2) is 72.8 Å². The Morgan fingerprint density at radius 2 is 1.27 bits per heavy atom. The van der Waals surface area contributed by atoms with Crippen LogP contribution in [-0.2, 0) is 0 Å². The average Bonchev–Trinajstić information content (AvgIpc) is 2.58. The van der Waals surface area contributed by atoms with Gasteiger partial charge in [-0.15, -0.1) is 0 Å². The fourth-order valence-corrected chi connectivity index (χ4v) is 3.36. The van der Waals surface area contributed by atoms with E-state index in [-0.39, 0.29) is 5.48 Å². The molecule has 2 heteroatoms. The first kappa shape index (κ1) is 16.2. The first-order valence-electron chi connectivity index (χ1n) is 7.73. The van der Waals surface area contributed by atoms with Crippen molar-refractivity contribution in [1.29, 1.82) is 0 Å². The van der Waals surface area contributed by atoms with Gasteiger partial charge in [-0.25, -0.2) is 0 Å². The molecule has 2 nitrogen and oxygen atoms in total. The Kier molecular flexibility index (Phi) is 4.96. The molecule has 114 valence electrons. The molecule has 0 heterocycles. The topological polar surface area (TPSA) is 30.0 Å². The zero-order valence-electron chi connectivity index (χ0n) is 13.2. The number of rotatable bonds is 4. The lowest BCUT2D eigenvalue weighted by Crippen LogP contribution is -2.43. The van der Waals surface area contributed by atoms with Gasteiger partial charge in [0.1, 0.15) is 11.4 Å². The van der Waals surface area contributed by atoms with Crippen LogP contribution in [0.5, 0.6) is 0 Å². The van der Waals surface area contributed by atoms with Crippen molar-refractivity contribution in [2.24, 2.45) is 0 Å². The molecule has 0 atom stereocenters. The zero-order chi connectivity index (χ0) is 14.7. The van der Waals surface area contributed by atoms with Crippen LogP contribution in [0.1, 0.15) is 13.8 Å². The van der Waals surface area contributed by atoms with E-state index in [1.165, 1.54) is 22.1 Å². The zero-order valence-corrected chi connectivity index (χ0v) is 13.2. The van der Waals surface area contributed by atoms with Crippen molar-refractivity contribution >= 4 is 22.1 Å². The van der Waals surface area contributed by atoms with Crippen molar-refractivity contribution in [2.75, 3.05) is 13.1 Å². The predicted octanol–water partition coefficient (Wildman–Crippen LogP) is 5.34. The Bertz CT molecular complexity index is 728. The number of fused-ring (bicyclic) bond motifs is 1. The maximum absolute atomic E-state index is 2.28. The highest BCUT2D eigenvalue weighted by Crippen LogP contribution is 2.38. The molecule has 0 saturated heterocycles. The van der Waals surface area contributed by atoms with Gasteiger partial charge in [0, 0.05) is 11.5 Å². The monoisotopic (exact) mass is 293 g/mol. The van der Waals surface area contributed by atoms with E-state index in [9.17, 15) is 0 Å². The largest absolute Gasteiger partial charge is 0.870 e. The Morgan fingerprint density at radius 1 is 0.682 bits per heavy atom. The Morgan fingerprint density at radius 3 is 1.95 bits per heavy atom. The van der Waals surface area contributed by atoms with Gasteiger partial charge in [-0.2, -0.15) is 0 Å². The molecule has 0 aliphatic carbocycles. The van der Waals surface area contributed by atoms with Gasteiger partial charge in [-0.05, 0) is 37.4 Å². The molecular weight excluding hydrogens is 270 g/mol. The lowest BCUT2D eigenvalue weighted by atomic mass is 10.0. The van der Waals surface area contributed by atoms with Crippen molar-refractivity contribution in [3.63, 3.8) is 0 Å². The molecule has 3 aromatic rings. The minimum Gasteiger partial charge on any atom is -0.870 e. The number of benzene rings is 3. The summed E-state index contributed by atoms with van der Waals surface area (Å²) in [4.78, 5) is 0. The minimum atomic E-state index is 0. The van der Waals surface area contributed by atoms with E-state index in [4.69, 9.17) is 0 Å². The first-order valence-corrected chi connectivity index (χ1v) is 7.73. The Labute approximate surface area is 132 Å². The van der Waals surface area contributed by atoms with Crippen LogP contribution in [-0.4, -0.2) is 18.6 Å². The summed E-state index contributed by atoms with van der Waals surface area (Å²) >= 11 is 0.